The molecular weight excluding hydrogens is 178 g/mol. The third-order valence-electron chi connectivity index (χ3n) is 3.12. The number of hydrogen-bond donors (Lipinski definition) is 2. The summed E-state index contributed by atoms with van der Waals surface area (Å²) in [6.45, 7) is 0.569. The lowest BCUT2D eigenvalue weighted by atomic mass is 9.85. The van der Waals surface area contributed by atoms with Crippen LogP contribution in [0.4, 0.5) is 0 Å². The highest BCUT2D eigenvalue weighted by atomic mass is 16.1. The molecule has 4 heteroatoms. The van der Waals surface area contributed by atoms with Gasteiger partial charge in [0.1, 0.15) is 5.82 Å². The predicted octanol–water partition coefficient (Wildman–Crippen LogP) is 0.540. The molecule has 4 nitrogen and oxygen atoms in total. The fourth-order valence-electron chi connectivity index (χ4n) is 2.23. The summed E-state index contributed by atoms with van der Waals surface area (Å²) < 4.78 is 0. The van der Waals surface area contributed by atoms with Crippen LogP contribution in [0.15, 0.2) is 17.1 Å². The number of rotatable bonds is 2. The summed E-state index contributed by atoms with van der Waals surface area (Å²) in [5.74, 6) is 0.769. The van der Waals surface area contributed by atoms with Crippen LogP contribution in [0.1, 0.15) is 31.5 Å². The quantitative estimate of drug-likeness (QED) is 0.720. The molecule has 0 saturated heterocycles. The van der Waals surface area contributed by atoms with Crippen molar-refractivity contribution in [3.8, 4) is 0 Å². The molecule has 3 N–H and O–H groups in total. The van der Waals surface area contributed by atoms with Gasteiger partial charge in [-0.1, -0.05) is 12.8 Å². The van der Waals surface area contributed by atoms with E-state index >= 15 is 0 Å². The maximum Gasteiger partial charge on any atom is 0.250 e. The van der Waals surface area contributed by atoms with Gasteiger partial charge in [0.05, 0.1) is 0 Å². The molecule has 0 spiro atoms. The van der Waals surface area contributed by atoms with Crippen molar-refractivity contribution in [2.75, 3.05) is 6.54 Å². The monoisotopic (exact) mass is 193 g/mol. The molecule has 1 fully saturated rings. The van der Waals surface area contributed by atoms with Crippen LogP contribution in [-0.4, -0.2) is 16.5 Å². The standard InChI is InChI=1S/C10H15N3O/c11-7-10(4-1-2-5-10)9-12-6-3-8(14)13-9/h3,6H,1-2,4-5,7,11H2,(H,12,13,14). The maximum absolute atomic E-state index is 11.2. The molecule has 1 saturated carbocycles. The Morgan fingerprint density at radius 1 is 1.50 bits per heavy atom. The van der Waals surface area contributed by atoms with Gasteiger partial charge in [-0.25, -0.2) is 4.98 Å². The summed E-state index contributed by atoms with van der Waals surface area (Å²) in [6.07, 6.45) is 5.99. The van der Waals surface area contributed by atoms with E-state index in [1.165, 1.54) is 18.9 Å². The van der Waals surface area contributed by atoms with Crippen LogP contribution in [0.3, 0.4) is 0 Å². The zero-order valence-electron chi connectivity index (χ0n) is 8.12. The highest BCUT2D eigenvalue weighted by molar-refractivity contribution is 5.11. The molecule has 2 rings (SSSR count). The van der Waals surface area contributed by atoms with E-state index in [0.717, 1.165) is 18.7 Å². The molecule has 0 atom stereocenters. The van der Waals surface area contributed by atoms with Gasteiger partial charge in [0.2, 0.25) is 0 Å². The number of nitrogens with zero attached hydrogens (tertiary/aromatic N) is 1. The van der Waals surface area contributed by atoms with Gasteiger partial charge in [0.15, 0.2) is 0 Å². The Hall–Kier alpha value is -1.16. The van der Waals surface area contributed by atoms with Gasteiger partial charge in [-0.2, -0.15) is 0 Å². The number of hydrogen-bond acceptors (Lipinski definition) is 3. The number of nitrogens with one attached hydrogen (secondary N) is 1. The fraction of sp³-hybridized carbons (Fsp3) is 0.600. The molecule has 0 aromatic carbocycles. The van der Waals surface area contributed by atoms with E-state index in [9.17, 15) is 4.79 Å². The van der Waals surface area contributed by atoms with E-state index in [4.69, 9.17) is 5.73 Å². The van der Waals surface area contributed by atoms with Gasteiger partial charge >= 0.3 is 0 Å². The van der Waals surface area contributed by atoms with Gasteiger partial charge in [-0.3, -0.25) is 4.79 Å². The second kappa shape index (κ2) is 3.53. The summed E-state index contributed by atoms with van der Waals surface area (Å²) in [5, 5.41) is 0. The van der Waals surface area contributed by atoms with Gasteiger partial charge < -0.3 is 10.7 Å². The van der Waals surface area contributed by atoms with E-state index in [1.807, 2.05) is 0 Å². The number of nitrogens with two attached hydrogens (primary N) is 1. The Balaban J connectivity index is 2.40. The van der Waals surface area contributed by atoms with E-state index < -0.39 is 0 Å². The highest BCUT2D eigenvalue weighted by Gasteiger charge is 2.36. The average molecular weight is 193 g/mol. The lowest BCUT2D eigenvalue weighted by Crippen LogP contribution is -2.35. The average Bonchev–Trinajstić information content (AvgIpc) is 2.67. The van der Waals surface area contributed by atoms with Crippen LogP contribution in [0.5, 0.6) is 0 Å². The van der Waals surface area contributed by atoms with E-state index in [-0.39, 0.29) is 11.0 Å². The Bertz CT molecular complexity index is 366. The first-order chi connectivity index (χ1) is 6.77. The van der Waals surface area contributed by atoms with Gasteiger partial charge in [0.25, 0.3) is 5.56 Å². The van der Waals surface area contributed by atoms with Crippen molar-refractivity contribution in [1.29, 1.82) is 0 Å². The van der Waals surface area contributed by atoms with Crippen molar-refractivity contribution < 1.29 is 0 Å². The summed E-state index contributed by atoms with van der Waals surface area (Å²) in [4.78, 5) is 18.2. The zero-order chi connectivity index (χ0) is 10.0. The van der Waals surface area contributed by atoms with Gasteiger partial charge in [-0.05, 0) is 12.8 Å². The molecule has 1 aromatic heterocycles. The first-order valence-corrected chi connectivity index (χ1v) is 5.03. The topological polar surface area (TPSA) is 71.8 Å². The number of aromatic nitrogens is 2. The minimum atomic E-state index is -0.0882. The maximum atomic E-state index is 11.2. The molecule has 0 unspecified atom stereocenters. The molecular formula is C10H15N3O. The van der Waals surface area contributed by atoms with E-state index in [1.54, 1.807) is 6.20 Å². The molecule has 1 aliphatic rings. The first-order valence-electron chi connectivity index (χ1n) is 5.03. The molecule has 0 aliphatic heterocycles. The van der Waals surface area contributed by atoms with Crippen LogP contribution in [-0.2, 0) is 5.41 Å². The molecule has 0 bridgehead atoms. The van der Waals surface area contributed by atoms with Crippen molar-refractivity contribution in [3.63, 3.8) is 0 Å². The summed E-state index contributed by atoms with van der Waals surface area (Å²) >= 11 is 0. The minimum Gasteiger partial charge on any atom is -0.329 e. The normalized spacial score (nSPS) is 19.8. The molecule has 1 aliphatic carbocycles. The number of aromatic amines is 1. The van der Waals surface area contributed by atoms with Gasteiger partial charge in [0, 0.05) is 24.2 Å². The van der Waals surface area contributed by atoms with Crippen LogP contribution < -0.4 is 11.3 Å². The Labute approximate surface area is 82.6 Å². The summed E-state index contributed by atoms with van der Waals surface area (Å²) in [6, 6.07) is 1.43. The second-order valence-corrected chi connectivity index (χ2v) is 3.97. The van der Waals surface area contributed by atoms with Crippen molar-refractivity contribution in [1.82, 2.24) is 9.97 Å². The van der Waals surface area contributed by atoms with Crippen LogP contribution in [0, 0.1) is 0 Å². The smallest absolute Gasteiger partial charge is 0.250 e. The molecule has 0 amide bonds. The van der Waals surface area contributed by atoms with Crippen molar-refractivity contribution >= 4 is 0 Å². The Kier molecular flexibility index (Phi) is 2.37. The van der Waals surface area contributed by atoms with Gasteiger partial charge in [-0.15, -0.1) is 0 Å². The largest absolute Gasteiger partial charge is 0.329 e. The molecule has 76 valence electrons. The second-order valence-electron chi connectivity index (χ2n) is 3.97. The summed E-state index contributed by atoms with van der Waals surface area (Å²) in [7, 11) is 0. The van der Waals surface area contributed by atoms with Crippen molar-refractivity contribution in [2.45, 2.75) is 31.1 Å². The SMILES string of the molecule is NCC1(c2nccc(=O)[nH]2)CCCC1. The molecule has 1 heterocycles. The highest BCUT2D eigenvalue weighted by Crippen LogP contribution is 2.37. The lowest BCUT2D eigenvalue weighted by Gasteiger charge is -2.25. The van der Waals surface area contributed by atoms with Crippen LogP contribution in [0.2, 0.25) is 0 Å². The van der Waals surface area contributed by atoms with Crippen LogP contribution >= 0.6 is 0 Å². The summed E-state index contributed by atoms with van der Waals surface area (Å²) in [5.41, 5.74) is 5.63. The molecule has 1 aromatic rings. The predicted molar refractivity (Wildman–Crippen MR) is 54.1 cm³/mol. The minimum absolute atomic E-state index is 0.0690. The van der Waals surface area contributed by atoms with Crippen molar-refractivity contribution in [2.24, 2.45) is 5.73 Å². The lowest BCUT2D eigenvalue weighted by molar-refractivity contribution is 0.423. The molecule has 14 heavy (non-hydrogen) atoms. The first kappa shape index (κ1) is 9.40. The van der Waals surface area contributed by atoms with Crippen molar-refractivity contribution in [3.05, 3.63) is 28.4 Å². The Morgan fingerprint density at radius 2 is 2.21 bits per heavy atom. The number of H-pyrrole nitrogens is 1. The molecule has 0 radical (unpaired) electrons. The zero-order valence-corrected chi connectivity index (χ0v) is 8.12. The van der Waals surface area contributed by atoms with E-state index in [0.29, 0.717) is 6.54 Å². The third-order valence-corrected chi connectivity index (χ3v) is 3.12. The fourth-order valence-corrected chi connectivity index (χ4v) is 2.23. The Morgan fingerprint density at radius 3 is 2.79 bits per heavy atom. The third kappa shape index (κ3) is 1.46. The van der Waals surface area contributed by atoms with Crippen LogP contribution in [0.25, 0.3) is 0 Å². The van der Waals surface area contributed by atoms with E-state index in [2.05, 4.69) is 9.97 Å².